The molecule has 1 rings (SSSR count). The van der Waals surface area contributed by atoms with Crippen molar-refractivity contribution in [2.45, 2.75) is 39.7 Å². The average Bonchev–Trinajstić information content (AvgIpc) is 2.69. The van der Waals surface area contributed by atoms with Crippen LogP contribution in [0.4, 0.5) is 0 Å². The van der Waals surface area contributed by atoms with E-state index in [0.717, 1.165) is 0 Å². The topological polar surface area (TPSA) is 77.9 Å². The molecule has 0 saturated carbocycles. The quantitative estimate of drug-likeness (QED) is 0.765. The second-order valence-corrected chi connectivity index (χ2v) is 5.19. The first-order chi connectivity index (χ1) is 8.86. The number of rotatable bonds is 6. The summed E-state index contributed by atoms with van der Waals surface area (Å²) in [6.45, 7) is 6.23. The SMILES string of the molecule is CCCN(CC(=O)O)C(=O)C1CC(=O)N(C(C)C)C1. The standard InChI is InChI=1S/C13H22N2O4/c1-4-5-14(8-12(17)18)13(19)10-6-11(16)15(7-10)9(2)3/h9-10H,4-8H2,1-3H3,(H,17,18). The Morgan fingerprint density at radius 2 is 2.11 bits per heavy atom. The minimum Gasteiger partial charge on any atom is -0.480 e. The molecule has 0 spiro atoms. The van der Waals surface area contributed by atoms with Gasteiger partial charge in [-0.05, 0) is 20.3 Å². The van der Waals surface area contributed by atoms with E-state index < -0.39 is 11.9 Å². The Labute approximate surface area is 113 Å². The minimum atomic E-state index is -1.02. The number of aliphatic carboxylic acids is 1. The van der Waals surface area contributed by atoms with E-state index in [4.69, 9.17) is 5.11 Å². The summed E-state index contributed by atoms with van der Waals surface area (Å²) >= 11 is 0. The lowest BCUT2D eigenvalue weighted by molar-refractivity contribution is -0.146. The molecule has 1 atom stereocenters. The van der Waals surface area contributed by atoms with E-state index in [9.17, 15) is 14.4 Å². The number of amides is 2. The van der Waals surface area contributed by atoms with Crippen molar-refractivity contribution in [3.63, 3.8) is 0 Å². The molecule has 108 valence electrons. The monoisotopic (exact) mass is 270 g/mol. The molecule has 0 bridgehead atoms. The summed E-state index contributed by atoms with van der Waals surface area (Å²) in [5.41, 5.74) is 0. The smallest absolute Gasteiger partial charge is 0.323 e. The van der Waals surface area contributed by atoms with Crippen LogP contribution in [0.2, 0.25) is 0 Å². The molecule has 0 radical (unpaired) electrons. The molecule has 0 aromatic heterocycles. The van der Waals surface area contributed by atoms with Crippen molar-refractivity contribution < 1.29 is 19.5 Å². The molecule has 1 aliphatic heterocycles. The summed E-state index contributed by atoms with van der Waals surface area (Å²) in [4.78, 5) is 37.8. The van der Waals surface area contributed by atoms with Crippen LogP contribution in [-0.4, -0.2) is 58.4 Å². The molecule has 0 aliphatic carbocycles. The summed E-state index contributed by atoms with van der Waals surface area (Å²) in [6.07, 6.45) is 0.893. The van der Waals surface area contributed by atoms with Crippen LogP contribution < -0.4 is 0 Å². The fourth-order valence-electron chi connectivity index (χ4n) is 2.35. The van der Waals surface area contributed by atoms with Gasteiger partial charge in [0.2, 0.25) is 11.8 Å². The Balaban J connectivity index is 2.70. The highest BCUT2D eigenvalue weighted by atomic mass is 16.4. The summed E-state index contributed by atoms with van der Waals surface area (Å²) in [7, 11) is 0. The van der Waals surface area contributed by atoms with E-state index in [-0.39, 0.29) is 30.8 Å². The number of nitrogens with zero attached hydrogens (tertiary/aromatic N) is 2. The van der Waals surface area contributed by atoms with Gasteiger partial charge in [0.05, 0.1) is 5.92 Å². The molecule has 1 heterocycles. The van der Waals surface area contributed by atoms with E-state index in [0.29, 0.717) is 19.5 Å². The number of carbonyl (C=O) groups is 3. The second-order valence-electron chi connectivity index (χ2n) is 5.19. The van der Waals surface area contributed by atoms with Gasteiger partial charge in [0, 0.05) is 25.6 Å². The maximum Gasteiger partial charge on any atom is 0.323 e. The Morgan fingerprint density at radius 3 is 2.53 bits per heavy atom. The fraction of sp³-hybridized carbons (Fsp3) is 0.769. The number of likely N-dealkylation sites (tertiary alicyclic amines) is 1. The van der Waals surface area contributed by atoms with E-state index in [2.05, 4.69) is 0 Å². The van der Waals surface area contributed by atoms with Crippen molar-refractivity contribution in [3.05, 3.63) is 0 Å². The first-order valence-corrected chi connectivity index (χ1v) is 6.66. The molecule has 1 N–H and O–H groups in total. The Bertz CT molecular complexity index is 368. The number of hydrogen-bond donors (Lipinski definition) is 1. The molecule has 1 unspecified atom stereocenters. The number of carboxylic acids is 1. The summed E-state index contributed by atoms with van der Waals surface area (Å²) < 4.78 is 0. The Kier molecular flexibility index (Phi) is 5.32. The van der Waals surface area contributed by atoms with E-state index >= 15 is 0 Å². The van der Waals surface area contributed by atoms with Gasteiger partial charge in [-0.3, -0.25) is 14.4 Å². The first kappa shape index (κ1) is 15.5. The van der Waals surface area contributed by atoms with Crippen molar-refractivity contribution in [1.29, 1.82) is 0 Å². The summed E-state index contributed by atoms with van der Waals surface area (Å²) in [5.74, 6) is -1.67. The van der Waals surface area contributed by atoms with Gasteiger partial charge in [-0.15, -0.1) is 0 Å². The summed E-state index contributed by atoms with van der Waals surface area (Å²) in [5, 5.41) is 8.82. The zero-order valence-corrected chi connectivity index (χ0v) is 11.8. The van der Waals surface area contributed by atoms with Gasteiger partial charge in [-0.25, -0.2) is 0 Å². The molecule has 0 aromatic carbocycles. The van der Waals surface area contributed by atoms with Crippen LogP contribution in [0.25, 0.3) is 0 Å². The predicted octanol–water partition coefficient (Wildman–Crippen LogP) is 0.566. The van der Waals surface area contributed by atoms with Crippen LogP contribution in [0.5, 0.6) is 0 Å². The van der Waals surface area contributed by atoms with Crippen LogP contribution in [0.15, 0.2) is 0 Å². The number of carbonyl (C=O) groups excluding carboxylic acids is 2. The highest BCUT2D eigenvalue weighted by molar-refractivity contribution is 5.90. The normalized spacial score (nSPS) is 19.1. The van der Waals surface area contributed by atoms with E-state index in [1.807, 2.05) is 20.8 Å². The lowest BCUT2D eigenvalue weighted by Gasteiger charge is -2.24. The van der Waals surface area contributed by atoms with Crippen LogP contribution in [-0.2, 0) is 14.4 Å². The number of carboxylic acid groups (broad SMARTS) is 1. The van der Waals surface area contributed by atoms with Gasteiger partial charge in [0.15, 0.2) is 0 Å². The maximum absolute atomic E-state index is 12.3. The van der Waals surface area contributed by atoms with Crippen LogP contribution in [0.1, 0.15) is 33.6 Å². The third kappa shape index (κ3) is 3.94. The molecular formula is C13H22N2O4. The fourth-order valence-corrected chi connectivity index (χ4v) is 2.35. The number of hydrogen-bond acceptors (Lipinski definition) is 3. The van der Waals surface area contributed by atoms with Crippen molar-refractivity contribution in [1.82, 2.24) is 9.80 Å². The molecule has 1 fully saturated rings. The molecule has 0 aromatic rings. The van der Waals surface area contributed by atoms with Crippen molar-refractivity contribution in [2.24, 2.45) is 5.92 Å². The third-order valence-electron chi connectivity index (χ3n) is 3.26. The van der Waals surface area contributed by atoms with Gasteiger partial charge in [0.25, 0.3) is 0 Å². The van der Waals surface area contributed by atoms with E-state index in [1.54, 1.807) is 4.90 Å². The highest BCUT2D eigenvalue weighted by Gasteiger charge is 2.37. The molecule has 1 aliphatic rings. The highest BCUT2D eigenvalue weighted by Crippen LogP contribution is 2.22. The van der Waals surface area contributed by atoms with E-state index in [1.165, 1.54) is 4.90 Å². The van der Waals surface area contributed by atoms with Gasteiger partial charge in [-0.2, -0.15) is 0 Å². The Morgan fingerprint density at radius 1 is 1.47 bits per heavy atom. The van der Waals surface area contributed by atoms with Crippen LogP contribution in [0.3, 0.4) is 0 Å². The predicted molar refractivity (Wildman–Crippen MR) is 69.5 cm³/mol. The molecule has 2 amide bonds. The molecular weight excluding hydrogens is 248 g/mol. The van der Waals surface area contributed by atoms with Gasteiger partial charge < -0.3 is 14.9 Å². The van der Waals surface area contributed by atoms with Gasteiger partial charge in [0.1, 0.15) is 6.54 Å². The molecule has 6 heteroatoms. The maximum atomic E-state index is 12.3. The van der Waals surface area contributed by atoms with Crippen LogP contribution >= 0.6 is 0 Å². The van der Waals surface area contributed by atoms with Gasteiger partial charge in [-0.1, -0.05) is 6.92 Å². The van der Waals surface area contributed by atoms with Crippen molar-refractivity contribution >= 4 is 17.8 Å². The first-order valence-electron chi connectivity index (χ1n) is 6.66. The van der Waals surface area contributed by atoms with Crippen molar-refractivity contribution in [2.75, 3.05) is 19.6 Å². The lowest BCUT2D eigenvalue weighted by atomic mass is 10.1. The lowest BCUT2D eigenvalue weighted by Crippen LogP contribution is -2.41. The molecule has 19 heavy (non-hydrogen) atoms. The minimum absolute atomic E-state index is 0.0277. The zero-order chi connectivity index (χ0) is 14.6. The zero-order valence-electron chi connectivity index (χ0n) is 11.8. The molecule has 1 saturated heterocycles. The average molecular weight is 270 g/mol. The van der Waals surface area contributed by atoms with Gasteiger partial charge >= 0.3 is 5.97 Å². The second kappa shape index (κ2) is 6.54. The van der Waals surface area contributed by atoms with Crippen molar-refractivity contribution in [3.8, 4) is 0 Å². The third-order valence-corrected chi connectivity index (χ3v) is 3.26. The van der Waals surface area contributed by atoms with Crippen LogP contribution in [0, 0.1) is 5.92 Å². The largest absolute Gasteiger partial charge is 0.480 e. The molecule has 6 nitrogen and oxygen atoms in total. The Hall–Kier alpha value is -1.59. The summed E-state index contributed by atoms with van der Waals surface area (Å²) in [6, 6.07) is 0.0735.